The van der Waals surface area contributed by atoms with Crippen molar-refractivity contribution in [2.24, 2.45) is 0 Å². The van der Waals surface area contributed by atoms with Crippen LogP contribution in [0.4, 0.5) is 0 Å². The van der Waals surface area contributed by atoms with Gasteiger partial charge in [0.2, 0.25) is 5.91 Å². The average molecular weight is 245 g/mol. The van der Waals surface area contributed by atoms with Crippen LogP contribution in [0.1, 0.15) is 19.8 Å². The number of carboxylic acid groups (broad SMARTS) is 1. The summed E-state index contributed by atoms with van der Waals surface area (Å²) in [7, 11) is 0. The van der Waals surface area contributed by atoms with Gasteiger partial charge in [0.15, 0.2) is 0 Å². The zero-order chi connectivity index (χ0) is 12.7. The van der Waals surface area contributed by atoms with Crippen LogP contribution in [0.25, 0.3) is 0 Å². The second-order valence-corrected chi connectivity index (χ2v) is 3.92. The summed E-state index contributed by atoms with van der Waals surface area (Å²) in [5, 5.41) is 8.36. The van der Waals surface area contributed by atoms with E-state index >= 15 is 0 Å². The Balaban J connectivity index is 2.19. The molecule has 0 aliphatic carbocycles. The fourth-order valence-corrected chi connectivity index (χ4v) is 1.82. The molecule has 0 aromatic carbocycles. The largest absolute Gasteiger partial charge is 0.480 e. The summed E-state index contributed by atoms with van der Waals surface area (Å²) in [6, 6.07) is 0. The minimum atomic E-state index is -1.06. The molecule has 1 rings (SSSR count). The lowest BCUT2D eigenvalue weighted by atomic mass is 10.1. The quantitative estimate of drug-likeness (QED) is 0.719. The van der Waals surface area contributed by atoms with Crippen LogP contribution in [-0.2, 0) is 19.1 Å². The summed E-state index contributed by atoms with van der Waals surface area (Å²) in [4.78, 5) is 23.5. The Kier molecular flexibility index (Phi) is 5.93. The number of hydrogen-bond acceptors (Lipinski definition) is 4. The maximum Gasteiger partial charge on any atom is 0.329 e. The van der Waals surface area contributed by atoms with Gasteiger partial charge in [0.25, 0.3) is 0 Å². The van der Waals surface area contributed by atoms with Gasteiger partial charge in [-0.3, -0.25) is 4.79 Å². The highest BCUT2D eigenvalue weighted by atomic mass is 16.5. The van der Waals surface area contributed by atoms with Crippen molar-refractivity contribution in [1.29, 1.82) is 0 Å². The molecule has 17 heavy (non-hydrogen) atoms. The van der Waals surface area contributed by atoms with Gasteiger partial charge in [0, 0.05) is 19.7 Å². The van der Waals surface area contributed by atoms with E-state index in [9.17, 15) is 9.59 Å². The molecule has 0 bridgehead atoms. The first-order valence-corrected chi connectivity index (χ1v) is 5.82. The van der Waals surface area contributed by atoms with Crippen molar-refractivity contribution in [3.8, 4) is 0 Å². The van der Waals surface area contributed by atoms with Gasteiger partial charge in [-0.15, -0.1) is 0 Å². The number of carbonyl (C=O) groups excluding carboxylic acids is 1. The van der Waals surface area contributed by atoms with Crippen molar-refractivity contribution < 1.29 is 24.2 Å². The highest BCUT2D eigenvalue weighted by Crippen LogP contribution is 2.13. The Hall–Kier alpha value is -1.14. The second kappa shape index (κ2) is 7.24. The summed E-state index contributed by atoms with van der Waals surface area (Å²) >= 11 is 0. The van der Waals surface area contributed by atoms with Crippen LogP contribution in [0.15, 0.2) is 0 Å². The van der Waals surface area contributed by atoms with Gasteiger partial charge in [0.05, 0.1) is 6.10 Å². The first-order valence-electron chi connectivity index (χ1n) is 5.82. The second-order valence-electron chi connectivity index (χ2n) is 3.92. The van der Waals surface area contributed by atoms with Crippen LogP contribution in [0, 0.1) is 0 Å². The summed E-state index contributed by atoms with van der Waals surface area (Å²) < 4.78 is 10.2. The van der Waals surface area contributed by atoms with Crippen LogP contribution in [0.2, 0.25) is 0 Å². The van der Waals surface area contributed by atoms with Crippen molar-refractivity contribution in [1.82, 2.24) is 4.90 Å². The Morgan fingerprint density at radius 1 is 1.29 bits per heavy atom. The average Bonchev–Trinajstić information content (AvgIpc) is 2.30. The van der Waals surface area contributed by atoms with E-state index in [1.54, 1.807) is 4.90 Å². The summed E-state index contributed by atoms with van der Waals surface area (Å²) in [6.45, 7) is 3.37. The molecule has 0 radical (unpaired) electrons. The van der Waals surface area contributed by atoms with Gasteiger partial charge < -0.3 is 19.5 Å². The highest BCUT2D eigenvalue weighted by Gasteiger charge is 2.22. The van der Waals surface area contributed by atoms with Gasteiger partial charge >= 0.3 is 5.97 Å². The third-order valence-corrected chi connectivity index (χ3v) is 2.65. The molecule has 1 saturated heterocycles. The Morgan fingerprint density at radius 2 is 1.94 bits per heavy atom. The third kappa shape index (κ3) is 5.14. The number of hydrogen-bond donors (Lipinski definition) is 1. The normalized spacial score (nSPS) is 17.1. The maximum absolute atomic E-state index is 11.6. The van der Waals surface area contributed by atoms with E-state index < -0.39 is 12.6 Å². The summed E-state index contributed by atoms with van der Waals surface area (Å²) in [5.41, 5.74) is 0. The number of ether oxygens (including phenoxy) is 2. The molecule has 0 atom stereocenters. The van der Waals surface area contributed by atoms with Crippen LogP contribution in [0.3, 0.4) is 0 Å². The van der Waals surface area contributed by atoms with Crippen molar-refractivity contribution in [3.05, 3.63) is 0 Å². The van der Waals surface area contributed by atoms with Crippen molar-refractivity contribution in [2.45, 2.75) is 25.9 Å². The number of aliphatic carboxylic acids is 1. The molecule has 1 heterocycles. The SMILES string of the molecule is CCOC1CCN(C(=O)COCC(=O)O)CC1. The van der Waals surface area contributed by atoms with E-state index in [4.69, 9.17) is 14.6 Å². The highest BCUT2D eigenvalue weighted by molar-refractivity contribution is 5.78. The van der Waals surface area contributed by atoms with E-state index in [-0.39, 0.29) is 18.6 Å². The molecule has 1 amide bonds. The molecule has 0 aromatic heterocycles. The molecule has 1 N–H and O–H groups in total. The summed E-state index contributed by atoms with van der Waals surface area (Å²) in [5.74, 6) is -1.21. The van der Waals surface area contributed by atoms with E-state index in [1.165, 1.54) is 0 Å². The standard InChI is InChI=1S/C11H19NO5/c1-2-17-9-3-5-12(6-4-9)10(13)7-16-8-11(14)15/h9H,2-8H2,1H3,(H,14,15). The number of carbonyl (C=O) groups is 2. The monoisotopic (exact) mass is 245 g/mol. The fraction of sp³-hybridized carbons (Fsp3) is 0.818. The van der Waals surface area contributed by atoms with E-state index in [2.05, 4.69) is 0 Å². The molecule has 6 nitrogen and oxygen atoms in total. The van der Waals surface area contributed by atoms with E-state index in [0.717, 1.165) is 12.8 Å². The van der Waals surface area contributed by atoms with Gasteiger partial charge in [0.1, 0.15) is 13.2 Å². The molecule has 1 fully saturated rings. The molecule has 0 unspecified atom stereocenters. The molecule has 0 aromatic rings. The number of rotatable bonds is 6. The number of amides is 1. The zero-order valence-corrected chi connectivity index (χ0v) is 10.1. The van der Waals surface area contributed by atoms with Crippen molar-refractivity contribution >= 4 is 11.9 Å². The fourth-order valence-electron chi connectivity index (χ4n) is 1.82. The van der Waals surface area contributed by atoms with Gasteiger partial charge in [-0.05, 0) is 19.8 Å². The first kappa shape index (κ1) is 13.9. The summed E-state index contributed by atoms with van der Waals surface area (Å²) in [6.07, 6.45) is 1.90. The molecule has 98 valence electrons. The van der Waals surface area contributed by atoms with Gasteiger partial charge in [-0.25, -0.2) is 4.79 Å². The Morgan fingerprint density at radius 3 is 2.47 bits per heavy atom. The minimum absolute atomic E-state index is 0.152. The van der Waals surface area contributed by atoms with Crippen molar-refractivity contribution in [3.63, 3.8) is 0 Å². The topological polar surface area (TPSA) is 76.1 Å². The number of piperidine rings is 1. The lowest BCUT2D eigenvalue weighted by Crippen LogP contribution is -2.42. The van der Waals surface area contributed by atoms with E-state index in [1.807, 2.05) is 6.92 Å². The Labute approximate surface area is 100 Å². The number of likely N-dealkylation sites (tertiary alicyclic amines) is 1. The predicted molar refractivity (Wildman–Crippen MR) is 59.7 cm³/mol. The van der Waals surface area contributed by atoms with Crippen molar-refractivity contribution in [2.75, 3.05) is 32.9 Å². The van der Waals surface area contributed by atoms with Gasteiger partial charge in [-0.1, -0.05) is 0 Å². The molecule has 0 spiro atoms. The number of carboxylic acids is 1. The third-order valence-electron chi connectivity index (χ3n) is 2.65. The zero-order valence-electron chi connectivity index (χ0n) is 10.1. The molecule has 0 saturated carbocycles. The Bertz CT molecular complexity index is 261. The number of nitrogens with zero attached hydrogens (tertiary/aromatic N) is 1. The van der Waals surface area contributed by atoms with Crippen LogP contribution in [0.5, 0.6) is 0 Å². The maximum atomic E-state index is 11.6. The van der Waals surface area contributed by atoms with Crippen LogP contribution < -0.4 is 0 Å². The first-order chi connectivity index (χ1) is 8.13. The molecule has 6 heteroatoms. The molecular weight excluding hydrogens is 226 g/mol. The lowest BCUT2D eigenvalue weighted by Gasteiger charge is -2.31. The van der Waals surface area contributed by atoms with Crippen LogP contribution >= 0.6 is 0 Å². The van der Waals surface area contributed by atoms with Crippen LogP contribution in [-0.4, -0.2) is 60.9 Å². The molecular formula is C11H19NO5. The minimum Gasteiger partial charge on any atom is -0.480 e. The predicted octanol–water partition coefficient (Wildman–Crippen LogP) is 0.115. The van der Waals surface area contributed by atoms with E-state index in [0.29, 0.717) is 19.7 Å². The lowest BCUT2D eigenvalue weighted by molar-refractivity contribution is -0.146. The smallest absolute Gasteiger partial charge is 0.329 e. The molecule has 1 aliphatic heterocycles. The molecule has 1 aliphatic rings. The van der Waals surface area contributed by atoms with Gasteiger partial charge in [-0.2, -0.15) is 0 Å².